The quantitative estimate of drug-likeness (QED) is 0.754. The Labute approximate surface area is 91.1 Å². The van der Waals surface area contributed by atoms with E-state index in [1.165, 1.54) is 0 Å². The minimum atomic E-state index is -0.157. The third kappa shape index (κ3) is 1.88. The summed E-state index contributed by atoms with van der Waals surface area (Å²) in [5.74, 6) is 0. The van der Waals surface area contributed by atoms with Crippen LogP contribution in [0.3, 0.4) is 0 Å². The van der Waals surface area contributed by atoms with Crippen LogP contribution in [0.15, 0.2) is 16.9 Å². The van der Waals surface area contributed by atoms with Crippen LogP contribution in [-0.4, -0.2) is 28.1 Å². The molecule has 0 saturated carbocycles. The highest BCUT2D eigenvalue weighted by molar-refractivity contribution is 6.29. The zero-order valence-electron chi connectivity index (χ0n) is 8.25. The van der Waals surface area contributed by atoms with Gasteiger partial charge >= 0.3 is 5.69 Å². The van der Waals surface area contributed by atoms with Gasteiger partial charge in [-0.05, 0) is 19.2 Å². The van der Waals surface area contributed by atoms with Crippen molar-refractivity contribution in [2.75, 3.05) is 13.6 Å². The second-order valence-corrected chi connectivity index (χ2v) is 3.58. The number of aromatic amines is 1. The average molecular weight is 227 g/mol. The SMILES string of the molecule is CNCCn1c(=O)[nH]c2ccc(Cl)nc21. The van der Waals surface area contributed by atoms with Crippen molar-refractivity contribution in [1.29, 1.82) is 0 Å². The van der Waals surface area contributed by atoms with Crippen molar-refractivity contribution in [1.82, 2.24) is 19.9 Å². The lowest BCUT2D eigenvalue weighted by Crippen LogP contribution is -2.23. The summed E-state index contributed by atoms with van der Waals surface area (Å²) in [5, 5.41) is 3.37. The van der Waals surface area contributed by atoms with Crippen LogP contribution in [0.2, 0.25) is 5.15 Å². The van der Waals surface area contributed by atoms with E-state index in [4.69, 9.17) is 11.6 Å². The molecule has 0 fully saturated rings. The van der Waals surface area contributed by atoms with Gasteiger partial charge in [-0.2, -0.15) is 0 Å². The zero-order valence-corrected chi connectivity index (χ0v) is 9.01. The van der Waals surface area contributed by atoms with E-state index in [2.05, 4.69) is 15.3 Å². The van der Waals surface area contributed by atoms with Gasteiger partial charge in [0.15, 0.2) is 5.65 Å². The largest absolute Gasteiger partial charge is 0.327 e. The van der Waals surface area contributed by atoms with Crippen molar-refractivity contribution in [2.24, 2.45) is 0 Å². The predicted molar refractivity (Wildman–Crippen MR) is 59.3 cm³/mol. The third-order valence-electron chi connectivity index (χ3n) is 2.17. The number of fused-ring (bicyclic) bond motifs is 1. The molecule has 0 saturated heterocycles. The summed E-state index contributed by atoms with van der Waals surface area (Å²) in [6.07, 6.45) is 0. The van der Waals surface area contributed by atoms with Crippen LogP contribution >= 0.6 is 11.6 Å². The molecule has 0 atom stereocenters. The van der Waals surface area contributed by atoms with Crippen LogP contribution in [0.5, 0.6) is 0 Å². The molecular weight excluding hydrogens is 216 g/mol. The molecule has 0 aliphatic rings. The van der Waals surface area contributed by atoms with Crippen LogP contribution in [0, 0.1) is 0 Å². The number of hydrogen-bond acceptors (Lipinski definition) is 3. The van der Waals surface area contributed by atoms with Crippen LogP contribution < -0.4 is 11.0 Å². The Kier molecular flexibility index (Phi) is 2.75. The second-order valence-electron chi connectivity index (χ2n) is 3.19. The fourth-order valence-corrected chi connectivity index (χ4v) is 1.58. The number of aromatic nitrogens is 3. The smallest absolute Gasteiger partial charge is 0.318 e. The van der Waals surface area contributed by atoms with Gasteiger partial charge in [0.1, 0.15) is 5.15 Å². The standard InChI is InChI=1S/C9H11ClN4O/c1-11-4-5-14-8-6(12-9(14)15)2-3-7(10)13-8/h2-3,11H,4-5H2,1H3,(H,12,15). The topological polar surface area (TPSA) is 62.7 Å². The zero-order chi connectivity index (χ0) is 10.8. The molecule has 15 heavy (non-hydrogen) atoms. The van der Waals surface area contributed by atoms with Crippen molar-refractivity contribution in [3.63, 3.8) is 0 Å². The summed E-state index contributed by atoms with van der Waals surface area (Å²) in [6, 6.07) is 3.41. The molecule has 0 amide bonds. The summed E-state index contributed by atoms with van der Waals surface area (Å²) < 4.78 is 1.57. The van der Waals surface area contributed by atoms with Crippen LogP contribution in [0.25, 0.3) is 11.2 Å². The molecule has 0 unspecified atom stereocenters. The molecule has 2 rings (SSSR count). The summed E-state index contributed by atoms with van der Waals surface area (Å²) in [7, 11) is 1.83. The summed E-state index contributed by atoms with van der Waals surface area (Å²) in [4.78, 5) is 18.4. The van der Waals surface area contributed by atoms with Gasteiger partial charge < -0.3 is 10.3 Å². The van der Waals surface area contributed by atoms with Crippen molar-refractivity contribution >= 4 is 22.8 Å². The monoisotopic (exact) mass is 226 g/mol. The molecule has 0 aliphatic heterocycles. The second kappa shape index (κ2) is 4.04. The van der Waals surface area contributed by atoms with Crippen molar-refractivity contribution in [3.05, 3.63) is 27.8 Å². The molecule has 0 radical (unpaired) electrons. The lowest BCUT2D eigenvalue weighted by molar-refractivity contribution is 0.638. The highest BCUT2D eigenvalue weighted by Gasteiger charge is 2.07. The van der Waals surface area contributed by atoms with E-state index in [0.29, 0.717) is 29.4 Å². The molecule has 2 heterocycles. The molecule has 80 valence electrons. The Morgan fingerprint density at radius 1 is 1.60 bits per heavy atom. The fraction of sp³-hybridized carbons (Fsp3) is 0.333. The van der Waals surface area contributed by atoms with Crippen molar-refractivity contribution in [2.45, 2.75) is 6.54 Å². The summed E-state index contributed by atoms with van der Waals surface area (Å²) >= 11 is 5.78. The maximum Gasteiger partial charge on any atom is 0.327 e. The van der Waals surface area contributed by atoms with Gasteiger partial charge in [-0.15, -0.1) is 0 Å². The van der Waals surface area contributed by atoms with Gasteiger partial charge in [0.2, 0.25) is 0 Å². The minimum absolute atomic E-state index is 0.157. The molecule has 2 aromatic heterocycles. The molecule has 0 aliphatic carbocycles. The van der Waals surface area contributed by atoms with E-state index in [1.807, 2.05) is 7.05 Å². The Morgan fingerprint density at radius 3 is 3.13 bits per heavy atom. The van der Waals surface area contributed by atoms with Gasteiger partial charge in [0, 0.05) is 13.1 Å². The first-order chi connectivity index (χ1) is 7.22. The predicted octanol–water partition coefficient (Wildman–Crippen LogP) is 0.597. The van der Waals surface area contributed by atoms with E-state index in [1.54, 1.807) is 16.7 Å². The van der Waals surface area contributed by atoms with Gasteiger partial charge in [0.25, 0.3) is 0 Å². The first-order valence-corrected chi connectivity index (χ1v) is 5.00. The first kappa shape index (κ1) is 10.2. The number of likely N-dealkylation sites (N-methyl/N-ethyl adjacent to an activating group) is 1. The normalized spacial score (nSPS) is 11.1. The van der Waals surface area contributed by atoms with Crippen LogP contribution in [0.1, 0.15) is 0 Å². The molecule has 0 spiro atoms. The van der Waals surface area contributed by atoms with E-state index in [9.17, 15) is 4.79 Å². The van der Waals surface area contributed by atoms with Crippen LogP contribution in [-0.2, 0) is 6.54 Å². The van der Waals surface area contributed by atoms with E-state index in [0.717, 1.165) is 0 Å². The number of H-pyrrole nitrogens is 1. The number of hydrogen-bond donors (Lipinski definition) is 2. The lowest BCUT2D eigenvalue weighted by atomic mass is 10.4. The Bertz CT molecular complexity index is 530. The highest BCUT2D eigenvalue weighted by atomic mass is 35.5. The van der Waals surface area contributed by atoms with Gasteiger partial charge in [-0.1, -0.05) is 11.6 Å². The molecule has 2 N–H and O–H groups in total. The van der Waals surface area contributed by atoms with Crippen molar-refractivity contribution in [3.8, 4) is 0 Å². The maximum atomic E-state index is 11.6. The molecular formula is C9H11ClN4O. The molecule has 5 nitrogen and oxygen atoms in total. The summed E-state index contributed by atoms with van der Waals surface area (Å²) in [6.45, 7) is 1.28. The first-order valence-electron chi connectivity index (χ1n) is 4.62. The average Bonchev–Trinajstić information content (AvgIpc) is 2.51. The number of rotatable bonds is 3. The highest BCUT2D eigenvalue weighted by Crippen LogP contribution is 2.11. The molecule has 2 aromatic rings. The number of nitrogens with one attached hydrogen (secondary N) is 2. The van der Waals surface area contributed by atoms with Gasteiger partial charge in [0.05, 0.1) is 5.52 Å². The van der Waals surface area contributed by atoms with E-state index >= 15 is 0 Å². The summed E-state index contributed by atoms with van der Waals surface area (Å²) in [5.41, 5.74) is 1.15. The number of nitrogens with zero attached hydrogens (tertiary/aromatic N) is 2. The van der Waals surface area contributed by atoms with Crippen molar-refractivity contribution < 1.29 is 0 Å². The Hall–Kier alpha value is -1.33. The maximum absolute atomic E-state index is 11.6. The third-order valence-corrected chi connectivity index (χ3v) is 2.38. The molecule has 0 aromatic carbocycles. The van der Waals surface area contributed by atoms with Crippen LogP contribution in [0.4, 0.5) is 0 Å². The number of halogens is 1. The minimum Gasteiger partial charge on any atom is -0.318 e. The molecule has 6 heteroatoms. The number of imidazole rings is 1. The Balaban J connectivity index is 2.55. The van der Waals surface area contributed by atoms with E-state index < -0.39 is 0 Å². The van der Waals surface area contributed by atoms with Gasteiger partial charge in [-0.25, -0.2) is 9.78 Å². The fourth-order valence-electron chi connectivity index (χ4n) is 1.44. The lowest BCUT2D eigenvalue weighted by Gasteiger charge is -2.01. The van der Waals surface area contributed by atoms with E-state index in [-0.39, 0.29) is 5.69 Å². The molecule has 0 bridgehead atoms. The Morgan fingerprint density at radius 2 is 2.40 bits per heavy atom. The number of pyridine rings is 1. The van der Waals surface area contributed by atoms with Gasteiger partial charge in [-0.3, -0.25) is 4.57 Å².